The predicted molar refractivity (Wildman–Crippen MR) is 107 cm³/mol. The highest BCUT2D eigenvalue weighted by Crippen LogP contribution is 2.60. The summed E-state index contributed by atoms with van der Waals surface area (Å²) in [4.78, 5) is 43.8. The Bertz CT molecular complexity index is 1150. The molecule has 2 aromatic carbocycles. The van der Waals surface area contributed by atoms with Crippen LogP contribution in [0.4, 0.5) is 15.8 Å². The monoisotopic (exact) mass is 425 g/mol. The van der Waals surface area contributed by atoms with Crippen LogP contribution in [-0.4, -0.2) is 35.2 Å². The third-order valence-electron chi connectivity index (χ3n) is 7.05. The molecule has 152 valence electrons. The lowest BCUT2D eigenvalue weighted by molar-refractivity contribution is -0.135. The smallest absolute Gasteiger partial charge is 0.250 e. The van der Waals surface area contributed by atoms with Gasteiger partial charge in [-0.25, -0.2) is 9.29 Å². The van der Waals surface area contributed by atoms with E-state index in [0.717, 1.165) is 11.3 Å². The molecule has 3 amide bonds. The highest BCUT2D eigenvalue weighted by molar-refractivity contribution is 6.36. The van der Waals surface area contributed by atoms with E-state index in [-0.39, 0.29) is 17.9 Å². The minimum absolute atomic E-state index is 0.251. The average molecular weight is 426 g/mol. The van der Waals surface area contributed by atoms with Gasteiger partial charge in [0.2, 0.25) is 17.7 Å². The molecular formula is C22H17ClFN3O3. The second kappa shape index (κ2) is 5.89. The van der Waals surface area contributed by atoms with Gasteiger partial charge in [-0.2, -0.15) is 0 Å². The first-order valence-corrected chi connectivity index (χ1v) is 10.3. The number of para-hydroxylation sites is 1. The van der Waals surface area contributed by atoms with Gasteiger partial charge in [0.25, 0.3) is 0 Å². The van der Waals surface area contributed by atoms with E-state index in [1.807, 2.05) is 4.90 Å². The minimum atomic E-state index is -1.38. The summed E-state index contributed by atoms with van der Waals surface area (Å²) in [5.41, 5.74) is -0.134. The zero-order valence-electron chi connectivity index (χ0n) is 15.8. The SMILES string of the molecule is O=C1[C@@H]2[C@@H]3CCCN3[C@]3(C(=O)Nc4ccc(F)cc43)[C@H]2C(=O)N1c1ccccc1Cl. The maximum Gasteiger partial charge on any atom is 0.250 e. The lowest BCUT2D eigenvalue weighted by Crippen LogP contribution is -2.54. The van der Waals surface area contributed by atoms with E-state index < -0.39 is 29.1 Å². The largest absolute Gasteiger partial charge is 0.324 e. The zero-order chi connectivity index (χ0) is 20.8. The van der Waals surface area contributed by atoms with Crippen molar-refractivity contribution in [3.8, 4) is 0 Å². The van der Waals surface area contributed by atoms with Crippen molar-refractivity contribution in [3.63, 3.8) is 0 Å². The first-order valence-electron chi connectivity index (χ1n) is 9.97. The number of rotatable bonds is 1. The Morgan fingerprint density at radius 1 is 1.10 bits per heavy atom. The summed E-state index contributed by atoms with van der Waals surface area (Å²) in [7, 11) is 0. The minimum Gasteiger partial charge on any atom is -0.324 e. The highest BCUT2D eigenvalue weighted by atomic mass is 35.5. The summed E-state index contributed by atoms with van der Waals surface area (Å²) >= 11 is 6.30. The highest BCUT2D eigenvalue weighted by Gasteiger charge is 2.74. The third-order valence-corrected chi connectivity index (χ3v) is 7.37. The molecule has 1 N–H and O–H groups in total. The fourth-order valence-corrected chi connectivity index (χ4v) is 6.27. The summed E-state index contributed by atoms with van der Waals surface area (Å²) in [6.07, 6.45) is 1.51. The number of benzene rings is 2. The van der Waals surface area contributed by atoms with Gasteiger partial charge in [0.15, 0.2) is 0 Å². The van der Waals surface area contributed by atoms with Crippen molar-refractivity contribution in [2.75, 3.05) is 16.8 Å². The van der Waals surface area contributed by atoms with Crippen LogP contribution in [0.2, 0.25) is 5.02 Å². The van der Waals surface area contributed by atoms with Crippen molar-refractivity contribution < 1.29 is 18.8 Å². The van der Waals surface area contributed by atoms with Gasteiger partial charge in [-0.15, -0.1) is 0 Å². The molecule has 4 heterocycles. The summed E-state index contributed by atoms with van der Waals surface area (Å²) in [5, 5.41) is 3.12. The van der Waals surface area contributed by atoms with Gasteiger partial charge >= 0.3 is 0 Å². The Morgan fingerprint density at radius 2 is 1.90 bits per heavy atom. The number of amides is 3. The van der Waals surface area contributed by atoms with E-state index in [9.17, 15) is 18.8 Å². The molecule has 4 atom stereocenters. The molecule has 3 fully saturated rings. The van der Waals surface area contributed by atoms with Crippen LogP contribution in [-0.2, 0) is 19.9 Å². The molecule has 0 saturated carbocycles. The maximum absolute atomic E-state index is 14.2. The van der Waals surface area contributed by atoms with E-state index in [1.54, 1.807) is 24.3 Å². The summed E-state index contributed by atoms with van der Waals surface area (Å²) in [6, 6.07) is 10.5. The van der Waals surface area contributed by atoms with Crippen molar-refractivity contribution in [1.82, 2.24) is 4.90 Å². The van der Waals surface area contributed by atoms with Gasteiger partial charge in [0.05, 0.1) is 22.5 Å². The van der Waals surface area contributed by atoms with E-state index in [4.69, 9.17) is 11.6 Å². The van der Waals surface area contributed by atoms with Crippen molar-refractivity contribution >= 4 is 40.7 Å². The molecule has 4 aliphatic heterocycles. The molecular weight excluding hydrogens is 409 g/mol. The quantitative estimate of drug-likeness (QED) is 0.713. The van der Waals surface area contributed by atoms with E-state index in [0.29, 0.717) is 34.9 Å². The van der Waals surface area contributed by atoms with Gasteiger partial charge in [0, 0.05) is 17.3 Å². The van der Waals surface area contributed by atoms with Crippen LogP contribution in [0.5, 0.6) is 0 Å². The molecule has 0 aliphatic carbocycles. The molecule has 6 nitrogen and oxygen atoms in total. The number of hydrogen-bond donors (Lipinski definition) is 1. The van der Waals surface area contributed by atoms with Crippen molar-refractivity contribution in [1.29, 1.82) is 0 Å². The van der Waals surface area contributed by atoms with Crippen LogP contribution in [0.1, 0.15) is 18.4 Å². The Kier molecular flexibility index (Phi) is 3.54. The molecule has 0 unspecified atom stereocenters. The zero-order valence-corrected chi connectivity index (χ0v) is 16.5. The van der Waals surface area contributed by atoms with Crippen LogP contribution in [0.15, 0.2) is 42.5 Å². The number of anilines is 2. The van der Waals surface area contributed by atoms with Gasteiger partial charge in [0.1, 0.15) is 11.4 Å². The fraction of sp³-hybridized carbons (Fsp3) is 0.318. The maximum atomic E-state index is 14.2. The van der Waals surface area contributed by atoms with E-state index in [1.165, 1.54) is 18.2 Å². The Hall–Kier alpha value is -2.77. The van der Waals surface area contributed by atoms with Gasteiger partial charge in [-0.3, -0.25) is 19.3 Å². The van der Waals surface area contributed by atoms with Gasteiger partial charge < -0.3 is 5.32 Å². The number of carbonyl (C=O) groups is 3. The molecule has 3 saturated heterocycles. The standard InChI is InChI=1S/C22H17ClFN3O3/c23-13-4-1-2-5-15(13)27-19(28)17-16-6-3-9-26(16)22(18(17)20(27)29)12-10-11(24)7-8-14(12)25-21(22)30/h1-2,4-5,7-8,10,16-18H,3,6,9H2,(H,25,30)/t16-,17+,18+,22-/m0/s1. The molecule has 0 bridgehead atoms. The van der Waals surface area contributed by atoms with Crippen LogP contribution in [0, 0.1) is 17.7 Å². The fourth-order valence-electron chi connectivity index (χ4n) is 6.05. The molecule has 30 heavy (non-hydrogen) atoms. The lowest BCUT2D eigenvalue weighted by atomic mass is 9.75. The second-order valence-electron chi connectivity index (χ2n) is 8.28. The number of imide groups is 1. The molecule has 6 rings (SSSR count). The van der Waals surface area contributed by atoms with Crippen LogP contribution in [0.25, 0.3) is 0 Å². The molecule has 2 aromatic rings. The Morgan fingerprint density at radius 3 is 2.70 bits per heavy atom. The number of carbonyl (C=O) groups excluding carboxylic acids is 3. The number of hydrogen-bond acceptors (Lipinski definition) is 4. The van der Waals surface area contributed by atoms with Gasteiger partial charge in [-0.1, -0.05) is 23.7 Å². The van der Waals surface area contributed by atoms with Gasteiger partial charge in [-0.05, 0) is 49.7 Å². The van der Waals surface area contributed by atoms with Crippen molar-refractivity contribution in [2.45, 2.75) is 24.4 Å². The molecule has 8 heteroatoms. The normalized spacial score (nSPS) is 32.0. The second-order valence-corrected chi connectivity index (χ2v) is 8.69. The number of nitrogens with zero attached hydrogens (tertiary/aromatic N) is 2. The molecule has 1 spiro atoms. The summed E-state index contributed by atoms with van der Waals surface area (Å²) < 4.78 is 14.2. The molecule has 0 radical (unpaired) electrons. The lowest BCUT2D eigenvalue weighted by Gasteiger charge is -2.36. The number of nitrogens with one attached hydrogen (secondary N) is 1. The average Bonchev–Trinajstić information content (AvgIpc) is 3.42. The van der Waals surface area contributed by atoms with Crippen LogP contribution >= 0.6 is 11.6 Å². The van der Waals surface area contributed by atoms with Crippen molar-refractivity contribution in [3.05, 3.63) is 58.9 Å². The first kappa shape index (κ1) is 18.0. The molecule has 0 aromatic heterocycles. The Labute approximate surface area is 176 Å². The Balaban J connectivity index is 1.58. The third kappa shape index (κ3) is 1.95. The van der Waals surface area contributed by atoms with E-state index in [2.05, 4.69) is 5.32 Å². The predicted octanol–water partition coefficient (Wildman–Crippen LogP) is 2.91. The summed E-state index contributed by atoms with van der Waals surface area (Å²) in [6.45, 7) is 0.577. The molecule has 4 aliphatic rings. The first-order chi connectivity index (χ1) is 14.5. The number of halogens is 2. The van der Waals surface area contributed by atoms with Crippen LogP contribution < -0.4 is 10.2 Å². The van der Waals surface area contributed by atoms with E-state index >= 15 is 0 Å². The topological polar surface area (TPSA) is 69.7 Å². The van der Waals surface area contributed by atoms with Crippen LogP contribution in [0.3, 0.4) is 0 Å². The summed E-state index contributed by atoms with van der Waals surface area (Å²) in [5.74, 6) is -3.25. The number of fused-ring (bicyclic) bond motifs is 7. The van der Waals surface area contributed by atoms with Crippen molar-refractivity contribution in [2.24, 2.45) is 11.8 Å².